The van der Waals surface area contributed by atoms with Gasteiger partial charge in [-0.15, -0.1) is 0 Å². The molecule has 0 radical (unpaired) electrons. The van der Waals surface area contributed by atoms with E-state index < -0.39 is 6.04 Å². The normalized spacial score (nSPS) is 13.1. The quantitative estimate of drug-likeness (QED) is 0.912. The highest BCUT2D eigenvalue weighted by molar-refractivity contribution is 5.76. The summed E-state index contributed by atoms with van der Waals surface area (Å²) in [6, 6.07) is 15.2. The second-order valence-corrected chi connectivity index (χ2v) is 5.04. The minimum Gasteiger partial charge on any atom is -0.488 e. The van der Waals surface area contributed by atoms with Crippen LogP contribution in [0.25, 0.3) is 11.1 Å². The molecule has 2 aromatic carbocycles. The lowest BCUT2D eigenvalue weighted by atomic mass is 9.93. The average Bonchev–Trinajstić information content (AvgIpc) is 2.53. The Labute approximate surface area is 123 Å². The molecule has 2 aromatic rings. The Morgan fingerprint density at radius 1 is 1.14 bits per heavy atom. The number of fused-ring (bicyclic) bond motifs is 3. The van der Waals surface area contributed by atoms with E-state index in [1.54, 1.807) is 0 Å². The van der Waals surface area contributed by atoms with Gasteiger partial charge in [-0.05, 0) is 34.9 Å². The average molecular weight is 275 g/mol. The Balaban J connectivity index is 1.99. The van der Waals surface area contributed by atoms with Crippen LogP contribution in [0.2, 0.25) is 0 Å². The summed E-state index contributed by atoms with van der Waals surface area (Å²) in [6.07, 6.45) is 0.507. The maximum Gasteiger partial charge on any atom is 0.127 e. The Bertz CT molecular complexity index is 784. The molecule has 0 spiro atoms. The highest BCUT2D eigenvalue weighted by atomic mass is 16.5. The molecule has 0 aliphatic carbocycles. The van der Waals surface area contributed by atoms with Gasteiger partial charge in [0.15, 0.2) is 0 Å². The minimum absolute atomic E-state index is 0.450. The first-order chi connectivity index (χ1) is 10.2. The van der Waals surface area contributed by atoms with Gasteiger partial charge in [-0.2, -0.15) is 10.5 Å². The van der Waals surface area contributed by atoms with Crippen LogP contribution in [0.4, 0.5) is 0 Å². The maximum atomic E-state index is 8.95. The first-order valence-corrected chi connectivity index (χ1v) is 6.65. The third-order valence-electron chi connectivity index (χ3n) is 3.58. The van der Waals surface area contributed by atoms with Gasteiger partial charge in [-0.3, -0.25) is 0 Å². The topological polar surface area (TPSA) is 82.8 Å². The molecule has 2 N–H and O–H groups in total. The lowest BCUT2D eigenvalue weighted by Crippen LogP contribution is -2.20. The van der Waals surface area contributed by atoms with Gasteiger partial charge in [0.1, 0.15) is 12.4 Å². The molecule has 1 aliphatic heterocycles. The van der Waals surface area contributed by atoms with Gasteiger partial charge in [-0.1, -0.05) is 18.2 Å². The van der Waals surface area contributed by atoms with E-state index in [2.05, 4.69) is 6.07 Å². The molecule has 0 aromatic heterocycles. The van der Waals surface area contributed by atoms with Crippen LogP contribution in [0.3, 0.4) is 0 Å². The number of nitrogens with two attached hydrogens (primary N) is 1. The van der Waals surface area contributed by atoms with Crippen molar-refractivity contribution in [1.82, 2.24) is 0 Å². The van der Waals surface area contributed by atoms with E-state index >= 15 is 0 Å². The van der Waals surface area contributed by atoms with Gasteiger partial charge < -0.3 is 10.5 Å². The summed E-state index contributed by atoms with van der Waals surface area (Å²) in [5.41, 5.74) is 10.4. The van der Waals surface area contributed by atoms with Crippen LogP contribution >= 0.6 is 0 Å². The second-order valence-electron chi connectivity index (χ2n) is 5.04. The largest absolute Gasteiger partial charge is 0.488 e. The highest BCUT2D eigenvalue weighted by Crippen LogP contribution is 2.38. The fraction of sp³-hybridized carbons (Fsp3) is 0.176. The van der Waals surface area contributed by atoms with Crippen LogP contribution in [-0.4, -0.2) is 6.04 Å². The van der Waals surface area contributed by atoms with Crippen LogP contribution in [0, 0.1) is 22.7 Å². The van der Waals surface area contributed by atoms with Crippen molar-refractivity contribution >= 4 is 0 Å². The van der Waals surface area contributed by atoms with Gasteiger partial charge in [-0.25, -0.2) is 0 Å². The van der Waals surface area contributed by atoms with E-state index in [-0.39, 0.29) is 0 Å². The van der Waals surface area contributed by atoms with Crippen LogP contribution in [0.15, 0.2) is 36.4 Å². The number of rotatable bonds is 2. The molecule has 0 amide bonds. The van der Waals surface area contributed by atoms with Crippen LogP contribution in [-0.2, 0) is 13.0 Å². The molecule has 102 valence electrons. The summed E-state index contributed by atoms with van der Waals surface area (Å²) in [5, 5.41) is 17.7. The smallest absolute Gasteiger partial charge is 0.127 e. The molecule has 1 atom stereocenters. The predicted octanol–water partition coefficient (Wildman–Crippen LogP) is 2.51. The molecule has 0 fully saturated rings. The molecule has 0 saturated carbocycles. The second kappa shape index (κ2) is 5.28. The molecule has 1 heterocycles. The summed E-state index contributed by atoms with van der Waals surface area (Å²) < 4.78 is 5.77. The SMILES string of the molecule is N#Cc1ccc2c(c1)COc1cc(CC(N)C#N)ccc1-2. The Morgan fingerprint density at radius 3 is 2.71 bits per heavy atom. The lowest BCUT2D eigenvalue weighted by molar-refractivity contribution is 0.302. The molecule has 0 bridgehead atoms. The zero-order valence-corrected chi connectivity index (χ0v) is 11.3. The number of benzene rings is 2. The third kappa shape index (κ3) is 2.45. The van der Waals surface area contributed by atoms with Crippen molar-refractivity contribution < 1.29 is 4.74 Å². The van der Waals surface area contributed by atoms with Crippen molar-refractivity contribution in [2.24, 2.45) is 5.73 Å². The number of hydrogen-bond donors (Lipinski definition) is 1. The first-order valence-electron chi connectivity index (χ1n) is 6.65. The van der Waals surface area contributed by atoms with E-state index in [0.29, 0.717) is 18.6 Å². The maximum absolute atomic E-state index is 8.95. The first kappa shape index (κ1) is 13.2. The minimum atomic E-state index is -0.503. The molecular weight excluding hydrogens is 262 g/mol. The molecular formula is C17H13N3O. The van der Waals surface area contributed by atoms with Gasteiger partial charge in [0, 0.05) is 12.0 Å². The van der Waals surface area contributed by atoms with Crippen molar-refractivity contribution in [3.05, 3.63) is 53.1 Å². The summed E-state index contributed by atoms with van der Waals surface area (Å²) in [5.74, 6) is 0.801. The number of hydrogen-bond acceptors (Lipinski definition) is 4. The summed E-state index contributed by atoms with van der Waals surface area (Å²) >= 11 is 0. The van der Waals surface area contributed by atoms with Crippen molar-refractivity contribution in [2.75, 3.05) is 0 Å². The molecule has 0 saturated heterocycles. The van der Waals surface area contributed by atoms with Gasteiger partial charge in [0.05, 0.1) is 23.7 Å². The lowest BCUT2D eigenvalue weighted by Gasteiger charge is -2.21. The fourth-order valence-electron chi connectivity index (χ4n) is 2.54. The van der Waals surface area contributed by atoms with Gasteiger partial charge in [0.2, 0.25) is 0 Å². The van der Waals surface area contributed by atoms with E-state index in [0.717, 1.165) is 28.0 Å². The van der Waals surface area contributed by atoms with Crippen LogP contribution < -0.4 is 10.5 Å². The Morgan fingerprint density at radius 2 is 1.95 bits per heavy atom. The highest BCUT2D eigenvalue weighted by Gasteiger charge is 2.18. The standard InChI is InChI=1S/C17H13N3O/c18-8-12-2-3-15-13(5-12)10-21-17-7-11(1-4-16(15)17)6-14(20)9-19/h1-5,7,14H,6,10,20H2. The zero-order chi connectivity index (χ0) is 14.8. The fourth-order valence-corrected chi connectivity index (χ4v) is 2.54. The van der Waals surface area contributed by atoms with Crippen LogP contribution in [0.1, 0.15) is 16.7 Å². The molecule has 21 heavy (non-hydrogen) atoms. The predicted molar refractivity (Wildman–Crippen MR) is 78.2 cm³/mol. The molecule has 1 aliphatic rings. The Hall–Kier alpha value is -2.82. The number of nitriles is 2. The summed E-state index contributed by atoms with van der Waals surface area (Å²) in [4.78, 5) is 0. The monoisotopic (exact) mass is 275 g/mol. The number of ether oxygens (including phenoxy) is 1. The van der Waals surface area contributed by atoms with E-state index in [1.165, 1.54) is 0 Å². The van der Waals surface area contributed by atoms with Crippen molar-refractivity contribution in [1.29, 1.82) is 10.5 Å². The van der Waals surface area contributed by atoms with Crippen molar-refractivity contribution in [2.45, 2.75) is 19.1 Å². The molecule has 4 heteroatoms. The van der Waals surface area contributed by atoms with E-state index in [4.69, 9.17) is 21.0 Å². The molecule has 3 rings (SSSR count). The van der Waals surface area contributed by atoms with Gasteiger partial charge >= 0.3 is 0 Å². The van der Waals surface area contributed by atoms with Crippen LogP contribution in [0.5, 0.6) is 5.75 Å². The molecule has 1 unspecified atom stereocenters. The van der Waals surface area contributed by atoms with Crippen molar-refractivity contribution in [3.8, 4) is 29.0 Å². The zero-order valence-electron chi connectivity index (χ0n) is 11.3. The Kier molecular flexibility index (Phi) is 3.31. The van der Waals surface area contributed by atoms with E-state index in [1.807, 2.05) is 42.5 Å². The van der Waals surface area contributed by atoms with E-state index in [9.17, 15) is 0 Å². The van der Waals surface area contributed by atoms with Crippen molar-refractivity contribution in [3.63, 3.8) is 0 Å². The summed E-state index contributed by atoms with van der Waals surface area (Å²) in [6.45, 7) is 0.450. The number of nitrogens with zero attached hydrogens (tertiary/aromatic N) is 2. The molecule has 4 nitrogen and oxygen atoms in total. The third-order valence-corrected chi connectivity index (χ3v) is 3.58. The van der Waals surface area contributed by atoms with Gasteiger partial charge in [0.25, 0.3) is 0 Å². The summed E-state index contributed by atoms with van der Waals surface area (Å²) in [7, 11) is 0.